The van der Waals surface area contributed by atoms with Crippen LogP contribution in [0.2, 0.25) is 0 Å². The topological polar surface area (TPSA) is 0 Å². The number of hydrogen-bond acceptors (Lipinski definition) is 0. The van der Waals surface area contributed by atoms with Crippen LogP contribution in [0, 0.1) is 6.92 Å². The van der Waals surface area contributed by atoms with Crippen LogP contribution in [-0.4, -0.2) is 0 Å². The van der Waals surface area contributed by atoms with Crippen molar-refractivity contribution in [2.75, 3.05) is 0 Å². The number of allylic oxidation sites excluding steroid dienone is 1. The molecule has 60 valence electrons. The number of aryl methyl sites for hydroxylation is 1. The number of rotatable bonds is 1. The molecule has 0 nitrogen and oxygen atoms in total. The Labute approximate surface area is 73.2 Å². The average Bonchev–Trinajstić information content (AvgIpc) is 2.49. The zero-order valence-corrected chi connectivity index (χ0v) is 7.30. The largest absolute Gasteiger partial charge is 0.0985 e. The van der Waals surface area contributed by atoms with Crippen molar-refractivity contribution in [2.45, 2.75) is 13.3 Å². The molecule has 0 saturated carbocycles. The van der Waals surface area contributed by atoms with Crippen LogP contribution < -0.4 is 0 Å². The molecule has 1 aromatic carbocycles. The van der Waals surface area contributed by atoms with E-state index in [1.807, 2.05) is 6.08 Å². The van der Waals surface area contributed by atoms with Gasteiger partial charge in [0.05, 0.1) is 0 Å². The van der Waals surface area contributed by atoms with Crippen molar-refractivity contribution in [1.82, 2.24) is 0 Å². The molecule has 0 radical (unpaired) electrons. The van der Waals surface area contributed by atoms with Crippen LogP contribution in [0.3, 0.4) is 0 Å². The van der Waals surface area contributed by atoms with E-state index in [0.29, 0.717) is 0 Å². The lowest BCUT2D eigenvalue weighted by atomic mass is 10.0. The van der Waals surface area contributed by atoms with Crippen molar-refractivity contribution in [3.05, 3.63) is 47.0 Å². The molecular formula is C12H12. The van der Waals surface area contributed by atoms with E-state index in [1.54, 1.807) is 0 Å². The second-order valence-electron chi connectivity index (χ2n) is 3.22. The van der Waals surface area contributed by atoms with Crippen molar-refractivity contribution in [3.8, 4) is 0 Å². The molecule has 0 amide bonds. The van der Waals surface area contributed by atoms with Crippen molar-refractivity contribution < 1.29 is 0 Å². The van der Waals surface area contributed by atoms with E-state index in [9.17, 15) is 0 Å². The first kappa shape index (κ1) is 7.35. The van der Waals surface area contributed by atoms with Gasteiger partial charge in [-0.25, -0.2) is 0 Å². The van der Waals surface area contributed by atoms with Gasteiger partial charge < -0.3 is 0 Å². The maximum atomic E-state index is 3.80. The summed E-state index contributed by atoms with van der Waals surface area (Å²) in [6, 6.07) is 4.47. The number of benzene rings is 1. The first-order chi connectivity index (χ1) is 5.81. The van der Waals surface area contributed by atoms with Crippen LogP contribution in [-0.2, 0) is 6.42 Å². The predicted octanol–water partition coefficient (Wildman–Crippen LogP) is 3.21. The molecule has 0 heteroatoms. The summed E-state index contributed by atoms with van der Waals surface area (Å²) in [4.78, 5) is 0. The van der Waals surface area contributed by atoms with Gasteiger partial charge in [-0.05, 0) is 35.6 Å². The van der Waals surface area contributed by atoms with Crippen LogP contribution in [0.25, 0.3) is 12.2 Å². The summed E-state index contributed by atoms with van der Waals surface area (Å²) in [6.45, 7) is 5.93. The number of fused-ring (bicyclic) bond motifs is 1. The number of hydrogen-bond donors (Lipinski definition) is 0. The van der Waals surface area contributed by atoms with Crippen molar-refractivity contribution in [1.29, 1.82) is 0 Å². The molecule has 2 rings (SSSR count). The third-order valence-corrected chi connectivity index (χ3v) is 2.38. The Morgan fingerprint density at radius 3 is 3.00 bits per heavy atom. The first-order valence-corrected chi connectivity index (χ1v) is 4.24. The van der Waals surface area contributed by atoms with E-state index in [1.165, 1.54) is 22.3 Å². The lowest BCUT2D eigenvalue weighted by Crippen LogP contribution is -1.87. The molecule has 0 saturated heterocycles. The summed E-state index contributed by atoms with van der Waals surface area (Å²) in [7, 11) is 0. The Balaban J connectivity index is 2.61. The Kier molecular flexibility index (Phi) is 1.61. The van der Waals surface area contributed by atoms with Gasteiger partial charge in [-0.1, -0.05) is 36.9 Å². The molecule has 0 atom stereocenters. The van der Waals surface area contributed by atoms with E-state index in [2.05, 4.69) is 37.8 Å². The molecule has 0 spiro atoms. The summed E-state index contributed by atoms with van der Waals surface area (Å²) < 4.78 is 0. The second-order valence-corrected chi connectivity index (χ2v) is 3.22. The Morgan fingerprint density at radius 2 is 2.25 bits per heavy atom. The fourth-order valence-electron chi connectivity index (χ4n) is 1.66. The molecule has 0 N–H and O–H groups in total. The highest BCUT2D eigenvalue weighted by atomic mass is 14.1. The Hall–Kier alpha value is -1.30. The van der Waals surface area contributed by atoms with E-state index in [0.717, 1.165) is 6.42 Å². The van der Waals surface area contributed by atoms with Gasteiger partial charge in [0, 0.05) is 0 Å². The predicted molar refractivity (Wildman–Crippen MR) is 54.0 cm³/mol. The molecule has 1 aromatic rings. The Bertz CT molecular complexity index is 357. The van der Waals surface area contributed by atoms with Crippen molar-refractivity contribution in [3.63, 3.8) is 0 Å². The van der Waals surface area contributed by atoms with Gasteiger partial charge in [-0.3, -0.25) is 0 Å². The van der Waals surface area contributed by atoms with Gasteiger partial charge in [0.25, 0.3) is 0 Å². The maximum Gasteiger partial charge on any atom is -0.00880 e. The minimum atomic E-state index is 1.08. The fourth-order valence-corrected chi connectivity index (χ4v) is 1.66. The van der Waals surface area contributed by atoms with Crippen molar-refractivity contribution in [2.24, 2.45) is 0 Å². The van der Waals surface area contributed by atoms with Gasteiger partial charge in [-0.15, -0.1) is 0 Å². The maximum absolute atomic E-state index is 3.80. The monoisotopic (exact) mass is 156 g/mol. The van der Waals surface area contributed by atoms with Gasteiger partial charge in [0.2, 0.25) is 0 Å². The van der Waals surface area contributed by atoms with Crippen LogP contribution in [0.1, 0.15) is 22.3 Å². The highest BCUT2D eigenvalue weighted by molar-refractivity contribution is 5.65. The van der Waals surface area contributed by atoms with E-state index < -0.39 is 0 Å². The van der Waals surface area contributed by atoms with Crippen molar-refractivity contribution >= 4 is 12.2 Å². The molecule has 0 unspecified atom stereocenters. The minimum absolute atomic E-state index is 1.08. The molecule has 0 fully saturated rings. The van der Waals surface area contributed by atoms with Crippen LogP contribution in [0.4, 0.5) is 0 Å². The lowest BCUT2D eigenvalue weighted by Gasteiger charge is -2.04. The fraction of sp³-hybridized carbons (Fsp3) is 0.167. The van der Waals surface area contributed by atoms with Crippen LogP contribution in [0.5, 0.6) is 0 Å². The molecule has 12 heavy (non-hydrogen) atoms. The Morgan fingerprint density at radius 1 is 1.42 bits per heavy atom. The normalized spacial score (nSPS) is 13.1. The molecule has 0 aromatic heterocycles. The summed E-state index contributed by atoms with van der Waals surface area (Å²) in [6.07, 6.45) is 7.40. The third-order valence-electron chi connectivity index (χ3n) is 2.38. The van der Waals surface area contributed by atoms with Gasteiger partial charge in [0.1, 0.15) is 0 Å². The van der Waals surface area contributed by atoms with E-state index in [4.69, 9.17) is 0 Å². The van der Waals surface area contributed by atoms with Gasteiger partial charge in [-0.2, -0.15) is 0 Å². The zero-order valence-electron chi connectivity index (χ0n) is 7.30. The van der Waals surface area contributed by atoms with Crippen LogP contribution >= 0.6 is 0 Å². The zero-order chi connectivity index (χ0) is 8.55. The minimum Gasteiger partial charge on any atom is -0.0985 e. The standard InChI is InChI=1S/C12H12/c1-3-10-8-12-6-4-5-11(12)7-9(10)2/h3-5,7-8H,1,6H2,2H3. The molecule has 1 aliphatic rings. The SMILES string of the molecule is C=Cc1cc2c(cc1C)C=CC2. The molecule has 1 aliphatic carbocycles. The molecule has 0 bridgehead atoms. The lowest BCUT2D eigenvalue weighted by molar-refractivity contribution is 1.28. The molecular weight excluding hydrogens is 144 g/mol. The second kappa shape index (κ2) is 2.63. The summed E-state index contributed by atoms with van der Waals surface area (Å²) >= 11 is 0. The van der Waals surface area contributed by atoms with Gasteiger partial charge in [0.15, 0.2) is 0 Å². The van der Waals surface area contributed by atoms with E-state index >= 15 is 0 Å². The van der Waals surface area contributed by atoms with Crippen LogP contribution in [0.15, 0.2) is 24.8 Å². The smallest absolute Gasteiger partial charge is 0.00880 e. The average molecular weight is 156 g/mol. The first-order valence-electron chi connectivity index (χ1n) is 4.24. The molecule has 0 aliphatic heterocycles. The summed E-state index contributed by atoms with van der Waals surface area (Å²) in [5.74, 6) is 0. The highest BCUT2D eigenvalue weighted by Gasteiger charge is 2.06. The molecule has 0 heterocycles. The van der Waals surface area contributed by atoms with E-state index in [-0.39, 0.29) is 0 Å². The quantitative estimate of drug-likeness (QED) is 0.585. The highest BCUT2D eigenvalue weighted by Crippen LogP contribution is 2.23. The summed E-state index contributed by atoms with van der Waals surface area (Å²) in [5.41, 5.74) is 5.38. The third kappa shape index (κ3) is 1.00. The van der Waals surface area contributed by atoms with Gasteiger partial charge >= 0.3 is 0 Å². The summed E-state index contributed by atoms with van der Waals surface area (Å²) in [5, 5.41) is 0.